The summed E-state index contributed by atoms with van der Waals surface area (Å²) in [6.45, 7) is 10.6. The Balaban J connectivity index is 1.62. The van der Waals surface area contributed by atoms with E-state index >= 15 is 0 Å². The van der Waals surface area contributed by atoms with Crippen LogP contribution in [0.5, 0.6) is 0 Å². The number of hydrogen-bond acceptors (Lipinski definition) is 5. The zero-order valence-corrected chi connectivity index (χ0v) is 18.1. The lowest BCUT2D eigenvalue weighted by atomic mass is 9.73. The average molecular weight is 407 g/mol. The minimum atomic E-state index is -1.12. The summed E-state index contributed by atoms with van der Waals surface area (Å²) < 4.78 is 10.9. The smallest absolute Gasteiger partial charge is 0.191 e. The van der Waals surface area contributed by atoms with Crippen molar-refractivity contribution in [3.05, 3.63) is 24.2 Å². The zero-order chi connectivity index (χ0) is 20.6. The number of guanidine groups is 1. The van der Waals surface area contributed by atoms with Crippen molar-refractivity contribution < 1.29 is 14.3 Å². The number of furan rings is 1. The van der Waals surface area contributed by atoms with Crippen LogP contribution in [0.25, 0.3) is 0 Å². The highest BCUT2D eigenvalue weighted by molar-refractivity contribution is 5.79. The Morgan fingerprint density at radius 1 is 1.24 bits per heavy atom. The van der Waals surface area contributed by atoms with Gasteiger partial charge in [-0.3, -0.25) is 4.90 Å². The number of nitrogens with zero attached hydrogens (tertiary/aromatic N) is 2. The van der Waals surface area contributed by atoms with Gasteiger partial charge in [-0.15, -0.1) is 0 Å². The fourth-order valence-electron chi connectivity index (χ4n) is 4.44. The van der Waals surface area contributed by atoms with Crippen LogP contribution in [-0.4, -0.2) is 68.4 Å². The van der Waals surface area contributed by atoms with Crippen molar-refractivity contribution >= 4 is 5.96 Å². The molecular formula is C22H38N4O3. The van der Waals surface area contributed by atoms with E-state index in [2.05, 4.69) is 27.4 Å². The lowest BCUT2D eigenvalue weighted by Gasteiger charge is -2.42. The van der Waals surface area contributed by atoms with E-state index in [1.165, 1.54) is 32.1 Å². The molecule has 1 aliphatic heterocycles. The van der Waals surface area contributed by atoms with Gasteiger partial charge in [0.15, 0.2) is 5.96 Å². The number of ether oxygens (including phenoxy) is 1. The Hall–Kier alpha value is -1.57. The summed E-state index contributed by atoms with van der Waals surface area (Å²) in [6.07, 6.45) is 8.02. The van der Waals surface area contributed by atoms with E-state index in [4.69, 9.17) is 9.15 Å². The summed E-state index contributed by atoms with van der Waals surface area (Å²) in [6, 6.07) is 3.57. The first-order valence-corrected chi connectivity index (χ1v) is 11.1. The van der Waals surface area contributed by atoms with E-state index in [1.807, 2.05) is 0 Å². The molecular weight excluding hydrogens is 368 g/mol. The highest BCUT2D eigenvalue weighted by atomic mass is 16.5. The van der Waals surface area contributed by atoms with Crippen molar-refractivity contribution in [2.45, 2.75) is 51.6 Å². The Morgan fingerprint density at radius 2 is 2.00 bits per heavy atom. The molecule has 3 rings (SSSR count). The standard InChI is InChI=1S/C22H38N4O3/c1-3-23-20(24-16-21(2,27)19-8-7-13-29-19)25-17-22(9-5-4-6-10-22)18-26-11-14-28-15-12-26/h7-8,13,27H,3-6,9-12,14-18H2,1-2H3,(H2,23,24,25). The van der Waals surface area contributed by atoms with Crippen LogP contribution in [0.2, 0.25) is 0 Å². The number of hydrogen-bond donors (Lipinski definition) is 3. The second-order valence-corrected chi connectivity index (χ2v) is 8.75. The molecule has 2 aliphatic rings. The van der Waals surface area contributed by atoms with Gasteiger partial charge in [-0.1, -0.05) is 19.3 Å². The van der Waals surface area contributed by atoms with Crippen LogP contribution in [0.15, 0.2) is 27.8 Å². The minimum absolute atomic E-state index is 0.242. The maximum absolute atomic E-state index is 10.7. The predicted molar refractivity (Wildman–Crippen MR) is 115 cm³/mol. The molecule has 7 heteroatoms. The number of rotatable bonds is 8. The maximum atomic E-state index is 10.7. The summed E-state index contributed by atoms with van der Waals surface area (Å²) in [4.78, 5) is 7.21. The molecule has 0 radical (unpaired) electrons. The van der Waals surface area contributed by atoms with Gasteiger partial charge < -0.3 is 24.9 Å². The monoisotopic (exact) mass is 406 g/mol. The quantitative estimate of drug-likeness (QED) is 0.454. The van der Waals surface area contributed by atoms with Crippen LogP contribution in [0.3, 0.4) is 0 Å². The lowest BCUT2D eigenvalue weighted by molar-refractivity contribution is 0.00818. The fraction of sp³-hybridized carbons (Fsp3) is 0.773. The third-order valence-corrected chi connectivity index (χ3v) is 6.15. The van der Waals surface area contributed by atoms with Crippen molar-refractivity contribution in [3.63, 3.8) is 0 Å². The molecule has 0 bridgehead atoms. The molecule has 1 aliphatic carbocycles. The number of morpholine rings is 1. The van der Waals surface area contributed by atoms with Gasteiger partial charge in [-0.25, -0.2) is 4.99 Å². The van der Waals surface area contributed by atoms with Crippen molar-refractivity contribution in [2.24, 2.45) is 10.4 Å². The van der Waals surface area contributed by atoms with Crippen LogP contribution in [0.1, 0.15) is 51.7 Å². The number of aliphatic hydroxyl groups is 1. The highest BCUT2D eigenvalue weighted by Crippen LogP contribution is 2.36. The van der Waals surface area contributed by atoms with Gasteiger partial charge in [0.2, 0.25) is 0 Å². The Morgan fingerprint density at radius 3 is 2.66 bits per heavy atom. The molecule has 0 aromatic carbocycles. The first-order valence-electron chi connectivity index (χ1n) is 11.1. The second-order valence-electron chi connectivity index (χ2n) is 8.75. The molecule has 1 aromatic heterocycles. The Bertz CT molecular complexity index is 618. The predicted octanol–water partition coefficient (Wildman–Crippen LogP) is 2.32. The Kier molecular flexibility index (Phi) is 7.98. The first-order chi connectivity index (χ1) is 14.0. The molecule has 2 fully saturated rings. The molecule has 2 heterocycles. The molecule has 1 saturated carbocycles. The summed E-state index contributed by atoms with van der Waals surface area (Å²) in [5, 5.41) is 17.6. The SMILES string of the molecule is CCNC(=NCC(C)(O)c1ccco1)NCC1(CN2CCOCC2)CCCCC1. The van der Waals surface area contributed by atoms with E-state index in [-0.39, 0.29) is 12.0 Å². The van der Waals surface area contributed by atoms with Gasteiger partial charge in [0.05, 0.1) is 26.0 Å². The largest absolute Gasteiger partial charge is 0.466 e. The molecule has 1 saturated heterocycles. The molecule has 164 valence electrons. The summed E-state index contributed by atoms with van der Waals surface area (Å²) >= 11 is 0. The van der Waals surface area contributed by atoms with E-state index < -0.39 is 5.60 Å². The zero-order valence-electron chi connectivity index (χ0n) is 18.1. The van der Waals surface area contributed by atoms with E-state index in [9.17, 15) is 5.11 Å². The van der Waals surface area contributed by atoms with Crippen LogP contribution >= 0.6 is 0 Å². The van der Waals surface area contributed by atoms with Gasteiger partial charge in [-0.2, -0.15) is 0 Å². The summed E-state index contributed by atoms with van der Waals surface area (Å²) in [5.74, 6) is 1.29. The summed E-state index contributed by atoms with van der Waals surface area (Å²) in [7, 11) is 0. The van der Waals surface area contributed by atoms with E-state index in [1.54, 1.807) is 25.3 Å². The van der Waals surface area contributed by atoms with Crippen LogP contribution < -0.4 is 10.6 Å². The number of aliphatic imine (C=N–C) groups is 1. The molecule has 3 N–H and O–H groups in total. The average Bonchev–Trinajstić information content (AvgIpc) is 3.28. The lowest BCUT2D eigenvalue weighted by Crippen LogP contribution is -2.51. The summed E-state index contributed by atoms with van der Waals surface area (Å²) in [5.41, 5.74) is -0.850. The molecule has 0 spiro atoms. The van der Waals surface area contributed by atoms with Gasteiger partial charge in [-0.05, 0) is 38.8 Å². The van der Waals surface area contributed by atoms with Crippen molar-refractivity contribution in [2.75, 3.05) is 52.5 Å². The van der Waals surface area contributed by atoms with Crippen LogP contribution in [-0.2, 0) is 10.3 Å². The van der Waals surface area contributed by atoms with Crippen LogP contribution in [0, 0.1) is 5.41 Å². The van der Waals surface area contributed by atoms with Gasteiger partial charge in [0.1, 0.15) is 11.4 Å². The van der Waals surface area contributed by atoms with Gasteiger partial charge in [0.25, 0.3) is 0 Å². The molecule has 1 aromatic rings. The van der Waals surface area contributed by atoms with Gasteiger partial charge in [0, 0.05) is 38.1 Å². The topological polar surface area (TPSA) is 82.3 Å². The molecule has 1 atom stereocenters. The molecule has 7 nitrogen and oxygen atoms in total. The Labute approximate surface area is 174 Å². The van der Waals surface area contributed by atoms with Crippen molar-refractivity contribution in [1.29, 1.82) is 0 Å². The normalized spacial score (nSPS) is 22.8. The molecule has 29 heavy (non-hydrogen) atoms. The minimum Gasteiger partial charge on any atom is -0.466 e. The highest BCUT2D eigenvalue weighted by Gasteiger charge is 2.34. The molecule has 0 amide bonds. The maximum Gasteiger partial charge on any atom is 0.191 e. The van der Waals surface area contributed by atoms with Crippen molar-refractivity contribution in [1.82, 2.24) is 15.5 Å². The third kappa shape index (κ3) is 6.46. The van der Waals surface area contributed by atoms with E-state index in [0.717, 1.165) is 51.9 Å². The van der Waals surface area contributed by atoms with Crippen LogP contribution in [0.4, 0.5) is 0 Å². The van der Waals surface area contributed by atoms with Crippen molar-refractivity contribution in [3.8, 4) is 0 Å². The first kappa shape index (κ1) is 22.1. The number of nitrogens with one attached hydrogen (secondary N) is 2. The fourth-order valence-corrected chi connectivity index (χ4v) is 4.44. The van der Waals surface area contributed by atoms with E-state index in [0.29, 0.717) is 5.76 Å². The third-order valence-electron chi connectivity index (χ3n) is 6.15. The van der Waals surface area contributed by atoms with Gasteiger partial charge >= 0.3 is 0 Å². The second kappa shape index (κ2) is 10.5. The molecule has 1 unspecified atom stereocenters.